The minimum Gasteiger partial charge on any atom is -0.251 e. The Hall–Kier alpha value is -1.50. The zero-order valence-corrected chi connectivity index (χ0v) is 7.09. The molecule has 0 bridgehead atoms. The van der Waals surface area contributed by atoms with Gasteiger partial charge in [0.2, 0.25) is 0 Å². The van der Waals surface area contributed by atoms with Crippen LogP contribution in [0.4, 0.5) is 8.78 Å². The lowest BCUT2D eigenvalue weighted by molar-refractivity contribution is 0.146. The van der Waals surface area contributed by atoms with Crippen LogP contribution in [0.25, 0.3) is 0 Å². The van der Waals surface area contributed by atoms with Gasteiger partial charge in [0.05, 0.1) is 18.2 Å². The molecule has 0 radical (unpaired) electrons. The van der Waals surface area contributed by atoms with E-state index >= 15 is 0 Å². The Kier molecular flexibility index (Phi) is 2.91. The number of nitriles is 1. The average molecular weight is 182 g/mol. The lowest BCUT2D eigenvalue weighted by atomic mass is 10.2. The summed E-state index contributed by atoms with van der Waals surface area (Å²) in [7, 11) is 0. The Morgan fingerprint density at radius 1 is 1.54 bits per heavy atom. The summed E-state index contributed by atoms with van der Waals surface area (Å²) in [4.78, 5) is 3.65. The number of rotatable bonds is 2. The fraction of sp³-hybridized carbons (Fsp3) is 0.333. The van der Waals surface area contributed by atoms with Crippen LogP contribution in [0, 0.1) is 18.3 Å². The van der Waals surface area contributed by atoms with Crippen molar-refractivity contribution in [3.8, 4) is 6.07 Å². The molecule has 0 saturated heterocycles. The molecule has 13 heavy (non-hydrogen) atoms. The molecule has 2 nitrogen and oxygen atoms in total. The van der Waals surface area contributed by atoms with E-state index in [1.807, 2.05) is 6.07 Å². The Bertz CT molecular complexity index is 342. The molecule has 0 aromatic carbocycles. The molecular formula is C9H8F2N2. The van der Waals surface area contributed by atoms with Gasteiger partial charge in [-0.2, -0.15) is 5.26 Å². The number of pyridine rings is 1. The fourth-order valence-electron chi connectivity index (χ4n) is 1.05. The molecule has 0 aliphatic rings. The molecule has 0 aliphatic carbocycles. The first-order valence-electron chi connectivity index (χ1n) is 3.76. The average Bonchev–Trinajstić information content (AvgIpc) is 2.03. The van der Waals surface area contributed by atoms with E-state index in [1.54, 1.807) is 13.0 Å². The van der Waals surface area contributed by atoms with E-state index in [9.17, 15) is 8.78 Å². The first-order chi connectivity index (χ1) is 6.13. The summed E-state index contributed by atoms with van der Waals surface area (Å²) in [5.74, 6) is 0. The van der Waals surface area contributed by atoms with Gasteiger partial charge in [0.25, 0.3) is 6.43 Å². The number of hydrogen-bond donors (Lipinski definition) is 0. The van der Waals surface area contributed by atoms with Crippen LogP contribution in [0.3, 0.4) is 0 Å². The van der Waals surface area contributed by atoms with Gasteiger partial charge in [0.15, 0.2) is 0 Å². The Balaban J connectivity index is 3.05. The van der Waals surface area contributed by atoms with Crippen LogP contribution in [0.1, 0.15) is 23.4 Å². The summed E-state index contributed by atoms with van der Waals surface area (Å²) in [6.07, 6.45) is -2.50. The van der Waals surface area contributed by atoms with Crippen LogP contribution in [0.15, 0.2) is 12.1 Å². The highest BCUT2D eigenvalue weighted by Crippen LogP contribution is 2.18. The SMILES string of the molecule is Cc1cc(CC#N)nc(C(F)F)c1. The van der Waals surface area contributed by atoms with Crippen LogP contribution >= 0.6 is 0 Å². The highest BCUT2D eigenvalue weighted by atomic mass is 19.3. The summed E-state index contributed by atoms with van der Waals surface area (Å²) < 4.78 is 24.4. The predicted octanol–water partition coefficient (Wildman–Crippen LogP) is 2.39. The Labute approximate surface area is 74.8 Å². The number of alkyl halides is 2. The fourth-order valence-corrected chi connectivity index (χ4v) is 1.05. The standard InChI is InChI=1S/C9H8F2N2/c1-6-4-7(2-3-12)13-8(5-6)9(10)11/h4-5,9H,2H2,1H3. The van der Waals surface area contributed by atoms with Crippen molar-refractivity contribution in [2.75, 3.05) is 0 Å². The third kappa shape index (κ3) is 2.48. The summed E-state index contributed by atoms with van der Waals surface area (Å²) in [5, 5.41) is 8.36. The molecule has 1 heterocycles. The topological polar surface area (TPSA) is 36.7 Å². The molecule has 1 aromatic heterocycles. The molecule has 0 unspecified atom stereocenters. The molecule has 0 atom stereocenters. The lowest BCUT2D eigenvalue weighted by Gasteiger charge is -2.02. The summed E-state index contributed by atoms with van der Waals surface area (Å²) in [6.45, 7) is 1.70. The van der Waals surface area contributed by atoms with Crippen molar-refractivity contribution in [2.24, 2.45) is 0 Å². The minimum atomic E-state index is -2.57. The third-order valence-electron chi connectivity index (χ3n) is 1.53. The van der Waals surface area contributed by atoms with Gasteiger partial charge in [-0.25, -0.2) is 8.78 Å². The zero-order chi connectivity index (χ0) is 9.84. The monoisotopic (exact) mass is 182 g/mol. The second kappa shape index (κ2) is 3.94. The first-order valence-corrected chi connectivity index (χ1v) is 3.76. The van der Waals surface area contributed by atoms with Crippen molar-refractivity contribution in [2.45, 2.75) is 19.8 Å². The van der Waals surface area contributed by atoms with Gasteiger partial charge in [-0.15, -0.1) is 0 Å². The molecule has 1 aromatic rings. The van der Waals surface area contributed by atoms with E-state index in [1.165, 1.54) is 6.07 Å². The van der Waals surface area contributed by atoms with E-state index in [0.29, 0.717) is 11.3 Å². The second-order valence-corrected chi connectivity index (χ2v) is 2.70. The molecule has 0 saturated carbocycles. The molecule has 1 rings (SSSR count). The van der Waals surface area contributed by atoms with Crippen molar-refractivity contribution >= 4 is 0 Å². The number of halogens is 2. The van der Waals surface area contributed by atoms with Crippen molar-refractivity contribution < 1.29 is 8.78 Å². The Morgan fingerprint density at radius 2 is 2.23 bits per heavy atom. The van der Waals surface area contributed by atoms with Gasteiger partial charge in [-0.3, -0.25) is 4.98 Å². The van der Waals surface area contributed by atoms with Crippen molar-refractivity contribution in [3.05, 3.63) is 29.1 Å². The van der Waals surface area contributed by atoms with Crippen molar-refractivity contribution in [1.29, 1.82) is 5.26 Å². The third-order valence-corrected chi connectivity index (χ3v) is 1.53. The van der Waals surface area contributed by atoms with E-state index in [-0.39, 0.29) is 12.1 Å². The largest absolute Gasteiger partial charge is 0.280 e. The van der Waals surface area contributed by atoms with E-state index in [4.69, 9.17) is 5.26 Å². The first kappa shape index (κ1) is 9.59. The number of aromatic nitrogens is 1. The Morgan fingerprint density at radius 3 is 2.77 bits per heavy atom. The van der Waals surface area contributed by atoms with Gasteiger partial charge < -0.3 is 0 Å². The van der Waals surface area contributed by atoms with Gasteiger partial charge >= 0.3 is 0 Å². The minimum absolute atomic E-state index is 0.0708. The maximum atomic E-state index is 12.2. The predicted molar refractivity (Wildman–Crippen MR) is 43.2 cm³/mol. The molecule has 0 amide bonds. The molecule has 68 valence electrons. The van der Waals surface area contributed by atoms with Crippen molar-refractivity contribution in [3.63, 3.8) is 0 Å². The zero-order valence-electron chi connectivity index (χ0n) is 7.09. The summed E-state index contributed by atoms with van der Waals surface area (Å²) in [6, 6.07) is 4.83. The van der Waals surface area contributed by atoms with Crippen molar-refractivity contribution in [1.82, 2.24) is 4.98 Å². The summed E-state index contributed by atoms with van der Waals surface area (Å²) in [5.41, 5.74) is 0.846. The second-order valence-electron chi connectivity index (χ2n) is 2.70. The number of nitrogens with zero attached hydrogens (tertiary/aromatic N) is 2. The van der Waals surface area contributed by atoms with Crippen LogP contribution in [-0.4, -0.2) is 4.98 Å². The molecule has 0 spiro atoms. The lowest BCUT2D eigenvalue weighted by Crippen LogP contribution is -1.96. The maximum absolute atomic E-state index is 12.2. The number of hydrogen-bond acceptors (Lipinski definition) is 2. The normalized spacial score (nSPS) is 10.1. The van der Waals surface area contributed by atoms with Gasteiger partial charge in [0.1, 0.15) is 5.69 Å². The van der Waals surface area contributed by atoms with E-state index < -0.39 is 6.43 Å². The van der Waals surface area contributed by atoms with E-state index in [2.05, 4.69) is 4.98 Å². The molecule has 4 heteroatoms. The van der Waals surface area contributed by atoms with Crippen LogP contribution in [0.2, 0.25) is 0 Å². The van der Waals surface area contributed by atoms with Crippen LogP contribution in [-0.2, 0) is 6.42 Å². The molecule has 0 N–H and O–H groups in total. The molecular weight excluding hydrogens is 174 g/mol. The van der Waals surface area contributed by atoms with Gasteiger partial charge in [-0.05, 0) is 24.6 Å². The summed E-state index contributed by atoms with van der Waals surface area (Å²) >= 11 is 0. The molecule has 0 fully saturated rings. The van der Waals surface area contributed by atoms with Gasteiger partial charge in [-0.1, -0.05) is 0 Å². The van der Waals surface area contributed by atoms with Gasteiger partial charge in [0, 0.05) is 0 Å². The van der Waals surface area contributed by atoms with E-state index in [0.717, 1.165) is 0 Å². The smallest absolute Gasteiger partial charge is 0.251 e. The highest BCUT2D eigenvalue weighted by molar-refractivity contribution is 5.22. The molecule has 0 aliphatic heterocycles. The number of aryl methyl sites for hydroxylation is 1. The maximum Gasteiger partial charge on any atom is 0.280 e. The quantitative estimate of drug-likeness (QED) is 0.704. The highest BCUT2D eigenvalue weighted by Gasteiger charge is 2.10. The van der Waals surface area contributed by atoms with Crippen LogP contribution in [0.5, 0.6) is 0 Å². The van der Waals surface area contributed by atoms with Crippen LogP contribution < -0.4 is 0 Å².